The monoisotopic (exact) mass is 462 g/mol. The third-order valence-electron chi connectivity index (χ3n) is 6.12. The van der Waals surface area contributed by atoms with Gasteiger partial charge < -0.3 is 10.3 Å². The van der Waals surface area contributed by atoms with Crippen LogP contribution < -0.4 is 16.7 Å². The highest BCUT2D eigenvalue weighted by atomic mass is 16.2. The molecule has 0 bridgehead atoms. The molecule has 8 heteroatoms. The second kappa shape index (κ2) is 10.1. The molecule has 1 aliphatic carbocycles. The minimum atomic E-state index is -0.533. The lowest BCUT2D eigenvalue weighted by Crippen LogP contribution is -2.35. The second-order valence-electron chi connectivity index (χ2n) is 9.54. The number of fused-ring (bicyclic) bond motifs is 1. The number of nitrogens with zero attached hydrogens (tertiary/aromatic N) is 4. The molecule has 0 aliphatic heterocycles. The summed E-state index contributed by atoms with van der Waals surface area (Å²) in [5, 5.41) is 0. The van der Waals surface area contributed by atoms with Gasteiger partial charge in [-0.05, 0) is 56.6 Å². The largest absolute Gasteiger partial charge is 0.368 e. The predicted octanol–water partition coefficient (Wildman–Crippen LogP) is 4.31. The first kappa shape index (κ1) is 25.0. The van der Waals surface area contributed by atoms with Gasteiger partial charge in [0.2, 0.25) is 5.95 Å². The van der Waals surface area contributed by atoms with Gasteiger partial charge in [0, 0.05) is 13.1 Å². The number of aryl methyl sites for hydroxylation is 1. The van der Waals surface area contributed by atoms with E-state index in [1.807, 2.05) is 25.2 Å². The molecule has 3 rings (SSSR count). The van der Waals surface area contributed by atoms with E-state index in [0.29, 0.717) is 5.65 Å². The van der Waals surface area contributed by atoms with E-state index in [1.165, 1.54) is 42.8 Å². The number of hydrogen-bond acceptors (Lipinski definition) is 5. The third kappa shape index (κ3) is 5.62. The van der Waals surface area contributed by atoms with Gasteiger partial charge in [-0.25, -0.2) is 4.98 Å². The zero-order chi connectivity index (χ0) is 25.0. The Balaban J connectivity index is 1.67. The summed E-state index contributed by atoms with van der Waals surface area (Å²) in [5.74, 6) is -0.608. The van der Waals surface area contributed by atoms with Gasteiger partial charge in [0.1, 0.15) is 0 Å². The lowest BCUT2D eigenvalue weighted by Gasteiger charge is -2.32. The topological polar surface area (TPSA) is 108 Å². The van der Waals surface area contributed by atoms with Gasteiger partial charge in [-0.15, -0.1) is 0 Å². The molecule has 0 radical (unpaired) electrons. The highest BCUT2D eigenvalue weighted by Gasteiger charge is 2.26. The molecule has 3 N–H and O–H groups in total. The fourth-order valence-corrected chi connectivity index (χ4v) is 4.21. The highest BCUT2D eigenvalue weighted by molar-refractivity contribution is 5.95. The second-order valence-corrected chi connectivity index (χ2v) is 9.54. The Kier molecular flexibility index (Phi) is 7.39. The third-order valence-corrected chi connectivity index (χ3v) is 6.12. The van der Waals surface area contributed by atoms with Gasteiger partial charge in [0.15, 0.2) is 11.2 Å². The summed E-state index contributed by atoms with van der Waals surface area (Å²) < 4.78 is 2.50. The molecular formula is C26H34N6O2. The number of hydrogen-bond donors (Lipinski definition) is 2. The van der Waals surface area contributed by atoms with Crippen molar-refractivity contribution in [2.24, 2.45) is 12.5 Å². The molecular weight excluding hydrogens is 428 g/mol. The molecule has 8 nitrogen and oxygen atoms in total. The van der Waals surface area contributed by atoms with Crippen LogP contribution in [0.2, 0.25) is 0 Å². The van der Waals surface area contributed by atoms with Gasteiger partial charge in [-0.3, -0.25) is 15.0 Å². The fraction of sp³-hybridized carbons (Fsp3) is 0.385. The fourth-order valence-electron chi connectivity index (χ4n) is 4.21. The smallest absolute Gasteiger partial charge is 0.302 e. The molecule has 2 aromatic rings. The average molecular weight is 463 g/mol. The van der Waals surface area contributed by atoms with Crippen molar-refractivity contribution in [3.63, 3.8) is 0 Å². The van der Waals surface area contributed by atoms with E-state index in [-0.39, 0.29) is 16.9 Å². The Labute approximate surface area is 200 Å². The lowest BCUT2D eigenvalue weighted by atomic mass is 9.72. The van der Waals surface area contributed by atoms with Gasteiger partial charge in [-0.1, -0.05) is 55.4 Å². The number of anilines is 1. The van der Waals surface area contributed by atoms with Crippen LogP contribution in [0.15, 0.2) is 69.9 Å². The maximum atomic E-state index is 12.6. The molecule has 0 saturated carbocycles. The molecule has 0 unspecified atom stereocenters. The first-order valence-electron chi connectivity index (χ1n) is 11.4. The maximum absolute atomic E-state index is 12.6. The number of aromatic nitrogens is 4. The number of allylic oxidation sites excluding steroid dienone is 9. The van der Waals surface area contributed by atoms with Crippen LogP contribution in [0.4, 0.5) is 5.95 Å². The zero-order valence-corrected chi connectivity index (χ0v) is 20.8. The average Bonchev–Trinajstić information content (AvgIpc) is 3.10. The standard InChI is InChI=1S/C26H34N6O2/c1-17(12-13-20-19(3)11-8-14-26(20,4)5)9-7-10-18(2)15-21(33)30-32-24(34)22-23(29-25(32)27)31(6)16-28-22/h7,9-10,12-13,15-16H,8,11,14H2,1-6H3,(H2,27,29)(H,30,33)/b10-7+,13-12+,17-9+,18-15+. The number of carbonyl (C=O) groups excluding carboxylic acids is 1. The van der Waals surface area contributed by atoms with E-state index in [2.05, 4.69) is 48.3 Å². The van der Waals surface area contributed by atoms with Crippen LogP contribution >= 0.6 is 0 Å². The Hall–Kier alpha value is -3.68. The van der Waals surface area contributed by atoms with E-state index in [9.17, 15) is 9.59 Å². The Bertz CT molecular complexity index is 1310. The number of carbonyl (C=O) groups is 1. The normalized spacial score (nSPS) is 17.4. The summed E-state index contributed by atoms with van der Waals surface area (Å²) in [6, 6.07) is 0. The Morgan fingerprint density at radius 3 is 2.68 bits per heavy atom. The van der Waals surface area contributed by atoms with E-state index < -0.39 is 11.5 Å². The number of imidazole rings is 1. The molecule has 180 valence electrons. The van der Waals surface area contributed by atoms with E-state index in [4.69, 9.17) is 5.73 Å². The van der Waals surface area contributed by atoms with Crippen LogP contribution in [0.25, 0.3) is 11.2 Å². The number of nitrogen functional groups attached to an aromatic ring is 1. The van der Waals surface area contributed by atoms with Crippen molar-refractivity contribution in [1.29, 1.82) is 0 Å². The summed E-state index contributed by atoms with van der Waals surface area (Å²) >= 11 is 0. The van der Waals surface area contributed by atoms with Crippen molar-refractivity contribution < 1.29 is 4.79 Å². The summed E-state index contributed by atoms with van der Waals surface area (Å²) in [4.78, 5) is 33.1. The predicted molar refractivity (Wildman–Crippen MR) is 138 cm³/mol. The summed E-state index contributed by atoms with van der Waals surface area (Å²) in [5.41, 5.74) is 13.2. The van der Waals surface area contributed by atoms with Gasteiger partial charge in [0.05, 0.1) is 6.33 Å². The maximum Gasteiger partial charge on any atom is 0.302 e. The quantitative estimate of drug-likeness (QED) is 0.491. The van der Waals surface area contributed by atoms with E-state index >= 15 is 0 Å². The van der Waals surface area contributed by atoms with E-state index in [0.717, 1.165) is 15.8 Å². The van der Waals surface area contributed by atoms with Crippen LogP contribution in [-0.2, 0) is 11.8 Å². The molecule has 0 spiro atoms. The van der Waals surface area contributed by atoms with E-state index in [1.54, 1.807) is 18.5 Å². The first-order valence-corrected chi connectivity index (χ1v) is 11.4. The molecule has 1 aliphatic rings. The molecule has 0 aromatic carbocycles. The lowest BCUT2D eigenvalue weighted by molar-refractivity contribution is -0.112. The summed E-state index contributed by atoms with van der Waals surface area (Å²) in [7, 11) is 1.71. The van der Waals surface area contributed by atoms with Crippen LogP contribution in [0.1, 0.15) is 53.9 Å². The van der Waals surface area contributed by atoms with Crippen molar-refractivity contribution in [2.45, 2.75) is 53.9 Å². The molecule has 0 atom stereocenters. The molecule has 1 amide bonds. The summed E-state index contributed by atoms with van der Waals surface area (Å²) in [6.07, 6.45) is 16.6. The Morgan fingerprint density at radius 1 is 1.24 bits per heavy atom. The van der Waals surface area contributed by atoms with Crippen LogP contribution in [-0.4, -0.2) is 25.1 Å². The SMILES string of the molecule is CC1=C(/C=C/C(C)=C/C=C/C(C)=C/C(=O)Nn2c(N)nc3c(ncn3C)c2=O)C(C)(C)CCC1. The van der Waals surface area contributed by atoms with Crippen molar-refractivity contribution >= 4 is 23.0 Å². The van der Waals surface area contributed by atoms with Gasteiger partial charge >= 0.3 is 5.56 Å². The van der Waals surface area contributed by atoms with Crippen LogP contribution in [0.5, 0.6) is 0 Å². The molecule has 34 heavy (non-hydrogen) atoms. The van der Waals surface area contributed by atoms with Crippen LogP contribution in [0.3, 0.4) is 0 Å². The summed E-state index contributed by atoms with van der Waals surface area (Å²) in [6.45, 7) is 10.7. The van der Waals surface area contributed by atoms with Gasteiger partial charge in [0.25, 0.3) is 5.91 Å². The molecule has 2 heterocycles. The first-order chi connectivity index (χ1) is 16.0. The molecule has 0 saturated heterocycles. The highest BCUT2D eigenvalue weighted by Crippen LogP contribution is 2.40. The number of nitrogens with one attached hydrogen (secondary N) is 1. The number of rotatable bonds is 6. The molecule has 0 fully saturated rings. The van der Waals surface area contributed by atoms with Crippen molar-refractivity contribution in [3.8, 4) is 0 Å². The van der Waals surface area contributed by atoms with Gasteiger partial charge in [-0.2, -0.15) is 9.66 Å². The number of amides is 1. The van der Waals surface area contributed by atoms with Crippen molar-refractivity contribution in [1.82, 2.24) is 19.2 Å². The van der Waals surface area contributed by atoms with Crippen molar-refractivity contribution in [2.75, 3.05) is 11.2 Å². The Morgan fingerprint density at radius 2 is 1.97 bits per heavy atom. The minimum absolute atomic E-state index is 0.118. The van der Waals surface area contributed by atoms with Crippen molar-refractivity contribution in [3.05, 3.63) is 75.4 Å². The number of nitrogens with two attached hydrogens (primary N) is 1. The zero-order valence-electron chi connectivity index (χ0n) is 20.8. The van der Waals surface area contributed by atoms with Crippen LogP contribution in [0, 0.1) is 5.41 Å². The molecule has 2 aromatic heterocycles. The minimum Gasteiger partial charge on any atom is -0.368 e.